The molecule has 0 saturated carbocycles. The van der Waals surface area contributed by atoms with Crippen LogP contribution in [0.25, 0.3) is 22.4 Å². The number of aryl methyl sites for hydroxylation is 1. The second-order valence-corrected chi connectivity index (χ2v) is 7.38. The van der Waals surface area contributed by atoms with Crippen LogP contribution in [0.1, 0.15) is 5.56 Å². The van der Waals surface area contributed by atoms with Crippen molar-refractivity contribution >= 4 is 45.2 Å². The van der Waals surface area contributed by atoms with Gasteiger partial charge in [0.25, 0.3) is 0 Å². The van der Waals surface area contributed by atoms with Crippen LogP contribution >= 0.6 is 34.2 Å². The molecular weight excluding hydrogens is 468 g/mol. The molecule has 26 heavy (non-hydrogen) atoms. The van der Waals surface area contributed by atoms with Crippen molar-refractivity contribution in [3.05, 3.63) is 63.5 Å². The molecule has 0 aliphatic carbocycles. The van der Waals surface area contributed by atoms with Gasteiger partial charge in [-0.1, -0.05) is 11.6 Å². The van der Waals surface area contributed by atoms with Crippen molar-refractivity contribution in [3.63, 3.8) is 0 Å². The Morgan fingerprint density at radius 2 is 2.00 bits per heavy atom. The number of alkyl halides is 1. The van der Waals surface area contributed by atoms with E-state index in [9.17, 15) is 4.39 Å². The van der Waals surface area contributed by atoms with Crippen molar-refractivity contribution in [2.45, 2.75) is 13.1 Å². The van der Waals surface area contributed by atoms with Gasteiger partial charge >= 0.3 is 0 Å². The Labute approximate surface area is 168 Å². The van der Waals surface area contributed by atoms with Gasteiger partial charge in [-0.2, -0.15) is 0 Å². The lowest BCUT2D eigenvalue weighted by Crippen LogP contribution is -2.04. The van der Waals surface area contributed by atoms with E-state index in [1.807, 2.05) is 39.7 Å². The number of hydrogen-bond donors (Lipinski definition) is 0. The zero-order valence-corrected chi connectivity index (χ0v) is 16.5. The summed E-state index contributed by atoms with van der Waals surface area (Å²) in [4.78, 5) is 13.2. The number of hydrogen-bond acceptors (Lipinski definition) is 3. The van der Waals surface area contributed by atoms with E-state index in [2.05, 4.69) is 37.5 Å². The predicted octanol–water partition coefficient (Wildman–Crippen LogP) is 4.57. The number of aromatic nitrogens is 5. The lowest BCUT2D eigenvalue weighted by molar-refractivity contribution is 0.451. The molecule has 0 unspecified atom stereocenters. The van der Waals surface area contributed by atoms with Gasteiger partial charge in [-0.25, -0.2) is 14.4 Å². The number of rotatable bonds is 5. The Bertz CT molecular complexity index is 1070. The van der Waals surface area contributed by atoms with Crippen molar-refractivity contribution in [1.82, 2.24) is 24.1 Å². The van der Waals surface area contributed by atoms with Crippen LogP contribution < -0.4 is 0 Å². The van der Waals surface area contributed by atoms with Crippen LogP contribution in [0.15, 0.2) is 49.2 Å². The first-order valence-corrected chi connectivity index (χ1v) is 9.43. The number of imidazole rings is 2. The smallest absolute Gasteiger partial charge is 0.142 e. The number of halogens is 3. The van der Waals surface area contributed by atoms with Crippen molar-refractivity contribution in [1.29, 1.82) is 0 Å². The lowest BCUT2D eigenvalue weighted by Gasteiger charge is -2.09. The fraction of sp³-hybridized carbons (Fsp3) is 0.167. The molecular formula is C18H14ClFIN5. The summed E-state index contributed by atoms with van der Waals surface area (Å²) < 4.78 is 18.1. The van der Waals surface area contributed by atoms with E-state index in [4.69, 9.17) is 11.6 Å². The Kier molecular flexibility index (Phi) is 4.90. The minimum absolute atomic E-state index is 0.218. The maximum absolute atomic E-state index is 13.1. The van der Waals surface area contributed by atoms with E-state index >= 15 is 0 Å². The maximum Gasteiger partial charge on any atom is 0.142 e. The predicted molar refractivity (Wildman–Crippen MR) is 108 cm³/mol. The quantitative estimate of drug-likeness (QED) is 0.392. The first-order valence-electron chi connectivity index (χ1n) is 7.97. The SMILES string of the molecule is FCCn1c(-c2cncc(Cn3cncc3I)c2)nc2ccc(Cl)cc21. The molecule has 5 nitrogen and oxygen atoms in total. The molecule has 3 aromatic heterocycles. The second kappa shape index (κ2) is 7.32. The fourth-order valence-corrected chi connectivity index (χ4v) is 3.56. The molecule has 0 spiro atoms. The van der Waals surface area contributed by atoms with Crippen LogP contribution in [0.2, 0.25) is 5.02 Å². The first kappa shape index (κ1) is 17.4. The molecule has 0 aliphatic heterocycles. The van der Waals surface area contributed by atoms with Crippen LogP contribution in [0.5, 0.6) is 0 Å². The second-order valence-electron chi connectivity index (χ2n) is 5.84. The highest BCUT2D eigenvalue weighted by atomic mass is 127. The Hall–Kier alpha value is -2.00. The van der Waals surface area contributed by atoms with Gasteiger partial charge in [-0.15, -0.1) is 0 Å². The first-order chi connectivity index (χ1) is 12.7. The highest BCUT2D eigenvalue weighted by molar-refractivity contribution is 14.1. The molecule has 0 saturated heterocycles. The van der Waals surface area contributed by atoms with Crippen LogP contribution in [-0.4, -0.2) is 30.8 Å². The van der Waals surface area contributed by atoms with Gasteiger partial charge < -0.3 is 9.13 Å². The maximum atomic E-state index is 13.1. The van der Waals surface area contributed by atoms with E-state index < -0.39 is 6.67 Å². The largest absolute Gasteiger partial charge is 0.322 e. The topological polar surface area (TPSA) is 48.5 Å². The van der Waals surface area contributed by atoms with Crippen LogP contribution in [0.4, 0.5) is 4.39 Å². The summed E-state index contributed by atoms with van der Waals surface area (Å²) in [6, 6.07) is 7.48. The normalized spacial score (nSPS) is 11.3. The third kappa shape index (κ3) is 3.33. The van der Waals surface area contributed by atoms with Crippen molar-refractivity contribution < 1.29 is 4.39 Å². The van der Waals surface area contributed by atoms with Gasteiger partial charge in [-0.3, -0.25) is 4.98 Å². The van der Waals surface area contributed by atoms with Crippen molar-refractivity contribution in [2.75, 3.05) is 6.67 Å². The van der Waals surface area contributed by atoms with Gasteiger partial charge in [0.2, 0.25) is 0 Å². The molecule has 8 heteroatoms. The summed E-state index contributed by atoms with van der Waals surface area (Å²) >= 11 is 8.35. The van der Waals surface area contributed by atoms with Crippen LogP contribution in [0, 0.1) is 3.70 Å². The van der Waals surface area contributed by atoms with Gasteiger partial charge in [0.15, 0.2) is 0 Å². The standard InChI is InChI=1S/C18H14ClFIN5/c19-14-1-2-15-16(6-14)26(4-3-20)18(24-15)13-5-12(7-22-8-13)10-25-11-23-9-17(25)21/h1-2,5-9,11H,3-4,10H2. The molecule has 0 N–H and O–H groups in total. The van der Waals surface area contributed by atoms with E-state index in [0.29, 0.717) is 17.4 Å². The molecule has 0 bridgehead atoms. The molecule has 0 amide bonds. The summed E-state index contributed by atoms with van der Waals surface area (Å²) in [5.74, 6) is 0.689. The molecule has 0 fully saturated rings. The van der Waals surface area contributed by atoms with Crippen molar-refractivity contribution in [3.8, 4) is 11.4 Å². The summed E-state index contributed by atoms with van der Waals surface area (Å²) in [6.45, 7) is 0.398. The summed E-state index contributed by atoms with van der Waals surface area (Å²) in [5, 5.41) is 0.602. The Morgan fingerprint density at radius 1 is 1.12 bits per heavy atom. The molecule has 1 aromatic carbocycles. The zero-order chi connectivity index (χ0) is 18.1. The molecule has 0 aliphatic rings. The average molecular weight is 482 g/mol. The highest BCUT2D eigenvalue weighted by Gasteiger charge is 2.14. The van der Waals surface area contributed by atoms with Gasteiger partial charge in [-0.05, 0) is 52.4 Å². The van der Waals surface area contributed by atoms with E-state index in [0.717, 1.165) is 25.9 Å². The molecule has 3 heterocycles. The van der Waals surface area contributed by atoms with Crippen LogP contribution in [0.3, 0.4) is 0 Å². The van der Waals surface area contributed by atoms with Gasteiger partial charge in [0.05, 0.1) is 40.3 Å². The number of nitrogens with zero attached hydrogens (tertiary/aromatic N) is 5. The Morgan fingerprint density at radius 3 is 2.77 bits per heavy atom. The minimum Gasteiger partial charge on any atom is -0.322 e. The highest BCUT2D eigenvalue weighted by Crippen LogP contribution is 2.27. The van der Waals surface area contributed by atoms with Crippen LogP contribution in [-0.2, 0) is 13.1 Å². The summed E-state index contributed by atoms with van der Waals surface area (Å²) in [6.07, 6.45) is 7.16. The van der Waals surface area contributed by atoms with E-state index in [1.165, 1.54) is 0 Å². The number of benzene rings is 1. The lowest BCUT2D eigenvalue weighted by atomic mass is 10.2. The minimum atomic E-state index is -0.481. The Balaban J connectivity index is 1.78. The zero-order valence-electron chi connectivity index (χ0n) is 13.6. The molecule has 0 radical (unpaired) electrons. The molecule has 4 rings (SSSR count). The molecule has 4 aromatic rings. The van der Waals surface area contributed by atoms with Crippen molar-refractivity contribution in [2.24, 2.45) is 0 Å². The third-order valence-electron chi connectivity index (χ3n) is 4.09. The fourth-order valence-electron chi connectivity index (χ4n) is 2.94. The molecule has 0 atom stereocenters. The summed E-state index contributed by atoms with van der Waals surface area (Å²) in [7, 11) is 0. The molecule has 132 valence electrons. The monoisotopic (exact) mass is 481 g/mol. The third-order valence-corrected chi connectivity index (χ3v) is 5.22. The van der Waals surface area contributed by atoms with E-state index in [1.54, 1.807) is 18.6 Å². The van der Waals surface area contributed by atoms with E-state index in [-0.39, 0.29) is 6.54 Å². The van der Waals surface area contributed by atoms with Gasteiger partial charge in [0, 0.05) is 23.0 Å². The summed E-state index contributed by atoms with van der Waals surface area (Å²) in [5.41, 5.74) is 3.47. The van der Waals surface area contributed by atoms with Gasteiger partial charge in [0.1, 0.15) is 12.5 Å². The average Bonchev–Trinajstić information content (AvgIpc) is 3.20. The number of fused-ring (bicyclic) bond motifs is 1. The number of pyridine rings is 1.